The van der Waals surface area contributed by atoms with E-state index in [1.807, 2.05) is 0 Å². The number of benzene rings is 2. The second-order valence-electron chi connectivity index (χ2n) is 7.10. The van der Waals surface area contributed by atoms with Crippen molar-refractivity contribution in [2.24, 2.45) is 5.92 Å². The van der Waals surface area contributed by atoms with Crippen molar-refractivity contribution in [1.29, 1.82) is 0 Å². The molecule has 1 saturated carbocycles. The van der Waals surface area contributed by atoms with Gasteiger partial charge in [0.2, 0.25) is 5.88 Å². The first-order valence-corrected chi connectivity index (χ1v) is 9.26. The molecule has 4 rings (SSSR count). The monoisotopic (exact) mass is 414 g/mol. The molecule has 1 aliphatic carbocycles. The third kappa shape index (κ3) is 4.27. The number of carboxylic acids is 1. The zero-order chi connectivity index (χ0) is 21.3. The van der Waals surface area contributed by atoms with E-state index in [0.717, 1.165) is 6.07 Å². The van der Waals surface area contributed by atoms with Gasteiger partial charge in [-0.25, -0.2) is 4.98 Å². The SMILES string of the molecule is O=C(O)[C@@H]1CC1c1cnc(OCc2cccc(-c3ccccc3C(F)(F)F)c2)cn1. The van der Waals surface area contributed by atoms with Crippen LogP contribution in [0.1, 0.15) is 29.2 Å². The Labute approximate surface area is 170 Å². The lowest BCUT2D eigenvalue weighted by atomic mass is 9.98. The molecule has 30 heavy (non-hydrogen) atoms. The number of aliphatic carboxylic acids is 1. The van der Waals surface area contributed by atoms with Crippen molar-refractivity contribution in [1.82, 2.24) is 9.97 Å². The number of carbonyl (C=O) groups is 1. The first-order valence-electron chi connectivity index (χ1n) is 9.26. The van der Waals surface area contributed by atoms with E-state index in [-0.39, 0.29) is 24.0 Å². The van der Waals surface area contributed by atoms with Gasteiger partial charge in [0.1, 0.15) is 6.61 Å². The molecule has 1 fully saturated rings. The van der Waals surface area contributed by atoms with Crippen LogP contribution in [0.25, 0.3) is 11.1 Å². The first-order chi connectivity index (χ1) is 14.3. The molecule has 1 N–H and O–H groups in total. The number of aromatic nitrogens is 2. The van der Waals surface area contributed by atoms with Gasteiger partial charge in [-0.15, -0.1) is 0 Å². The van der Waals surface area contributed by atoms with Crippen LogP contribution < -0.4 is 4.74 Å². The largest absolute Gasteiger partial charge is 0.481 e. The maximum absolute atomic E-state index is 13.3. The van der Waals surface area contributed by atoms with Gasteiger partial charge in [-0.2, -0.15) is 13.2 Å². The van der Waals surface area contributed by atoms with E-state index >= 15 is 0 Å². The van der Waals surface area contributed by atoms with Gasteiger partial charge in [0.15, 0.2) is 0 Å². The number of hydrogen-bond donors (Lipinski definition) is 1. The third-order valence-corrected chi connectivity index (χ3v) is 4.99. The molecule has 1 aliphatic rings. The lowest BCUT2D eigenvalue weighted by Gasteiger charge is -2.13. The van der Waals surface area contributed by atoms with Crippen LogP contribution >= 0.6 is 0 Å². The fourth-order valence-electron chi connectivity index (χ4n) is 3.35. The van der Waals surface area contributed by atoms with E-state index in [2.05, 4.69) is 9.97 Å². The summed E-state index contributed by atoms with van der Waals surface area (Å²) in [6.45, 7) is 0.108. The maximum Gasteiger partial charge on any atom is 0.417 e. The highest BCUT2D eigenvalue weighted by Crippen LogP contribution is 2.46. The highest BCUT2D eigenvalue weighted by Gasteiger charge is 2.45. The smallest absolute Gasteiger partial charge is 0.417 e. The Bertz CT molecular complexity index is 1070. The molecule has 2 atom stereocenters. The van der Waals surface area contributed by atoms with E-state index < -0.39 is 23.6 Å². The van der Waals surface area contributed by atoms with Crippen molar-refractivity contribution in [3.8, 4) is 17.0 Å². The number of halogens is 3. The maximum atomic E-state index is 13.3. The van der Waals surface area contributed by atoms with Gasteiger partial charge in [-0.1, -0.05) is 36.4 Å². The Morgan fingerprint density at radius 2 is 1.90 bits per heavy atom. The zero-order valence-corrected chi connectivity index (χ0v) is 15.6. The minimum Gasteiger partial charge on any atom is -0.481 e. The van der Waals surface area contributed by atoms with Crippen molar-refractivity contribution in [2.45, 2.75) is 25.1 Å². The van der Waals surface area contributed by atoms with Gasteiger partial charge in [0.25, 0.3) is 0 Å². The normalized spacial score (nSPS) is 18.1. The van der Waals surface area contributed by atoms with Crippen molar-refractivity contribution < 1.29 is 27.8 Å². The average molecular weight is 414 g/mol. The molecule has 1 aromatic heterocycles. The highest BCUT2D eigenvalue weighted by atomic mass is 19.4. The summed E-state index contributed by atoms with van der Waals surface area (Å²) >= 11 is 0. The van der Waals surface area contributed by atoms with Crippen LogP contribution in [0.2, 0.25) is 0 Å². The van der Waals surface area contributed by atoms with Crippen LogP contribution in [0, 0.1) is 5.92 Å². The molecule has 0 saturated heterocycles. The molecule has 0 bridgehead atoms. The van der Waals surface area contributed by atoms with Crippen LogP contribution in [0.5, 0.6) is 5.88 Å². The molecule has 1 heterocycles. The molecular formula is C22H17F3N2O3. The Balaban J connectivity index is 1.45. The molecule has 1 unspecified atom stereocenters. The van der Waals surface area contributed by atoms with Gasteiger partial charge in [-0.05, 0) is 35.2 Å². The van der Waals surface area contributed by atoms with E-state index in [1.54, 1.807) is 30.3 Å². The molecule has 0 spiro atoms. The highest BCUT2D eigenvalue weighted by molar-refractivity contribution is 5.75. The number of nitrogens with zero attached hydrogens (tertiary/aromatic N) is 2. The van der Waals surface area contributed by atoms with Crippen LogP contribution in [0.4, 0.5) is 13.2 Å². The predicted octanol–water partition coefficient (Wildman–Crippen LogP) is 4.93. The summed E-state index contributed by atoms with van der Waals surface area (Å²) in [5.41, 5.74) is 1.15. The lowest BCUT2D eigenvalue weighted by Crippen LogP contribution is -2.07. The molecule has 154 valence electrons. The Hall–Kier alpha value is -3.42. The first kappa shape index (κ1) is 19.9. The second kappa shape index (κ2) is 7.78. The van der Waals surface area contributed by atoms with Gasteiger partial charge in [0, 0.05) is 5.92 Å². The standard InChI is InChI=1S/C22H17F3N2O3/c23-22(24,25)18-7-2-1-6-15(18)14-5-3-4-13(8-14)12-30-20-11-26-19(10-27-20)16-9-17(16)21(28)29/h1-8,10-11,16-17H,9,12H2,(H,28,29)/t16?,17-/m1/s1. The Kier molecular flexibility index (Phi) is 5.15. The molecule has 3 aromatic rings. The summed E-state index contributed by atoms with van der Waals surface area (Å²) in [7, 11) is 0. The molecule has 8 heteroatoms. The lowest BCUT2D eigenvalue weighted by molar-refractivity contribution is -0.139. The second-order valence-corrected chi connectivity index (χ2v) is 7.10. The summed E-state index contributed by atoms with van der Waals surface area (Å²) in [5, 5.41) is 8.98. The molecule has 0 amide bonds. The fourth-order valence-corrected chi connectivity index (χ4v) is 3.35. The molecular weight excluding hydrogens is 397 g/mol. The summed E-state index contributed by atoms with van der Waals surface area (Å²) in [6, 6.07) is 12.1. The molecule has 2 aromatic carbocycles. The third-order valence-electron chi connectivity index (χ3n) is 4.99. The average Bonchev–Trinajstić information content (AvgIpc) is 3.54. The van der Waals surface area contributed by atoms with Gasteiger partial charge in [0.05, 0.1) is 29.6 Å². The van der Waals surface area contributed by atoms with Crippen LogP contribution in [-0.2, 0) is 17.6 Å². The summed E-state index contributed by atoms with van der Waals surface area (Å²) in [5.74, 6) is -1.11. The van der Waals surface area contributed by atoms with E-state index in [1.165, 1.54) is 24.5 Å². The Morgan fingerprint density at radius 1 is 1.10 bits per heavy atom. The molecule has 5 nitrogen and oxygen atoms in total. The summed E-state index contributed by atoms with van der Waals surface area (Å²) < 4.78 is 45.5. The molecule has 0 aliphatic heterocycles. The number of hydrogen-bond acceptors (Lipinski definition) is 4. The number of ether oxygens (including phenoxy) is 1. The van der Waals surface area contributed by atoms with Crippen molar-refractivity contribution >= 4 is 5.97 Å². The van der Waals surface area contributed by atoms with Gasteiger partial charge >= 0.3 is 12.1 Å². The summed E-state index contributed by atoms with van der Waals surface area (Å²) in [6.07, 6.45) is -0.966. The summed E-state index contributed by atoms with van der Waals surface area (Å²) in [4.78, 5) is 19.3. The van der Waals surface area contributed by atoms with Gasteiger partial charge in [-0.3, -0.25) is 9.78 Å². The minimum atomic E-state index is -4.44. The topological polar surface area (TPSA) is 72.3 Å². The van der Waals surface area contributed by atoms with Crippen molar-refractivity contribution in [2.75, 3.05) is 0 Å². The fraction of sp³-hybridized carbons (Fsp3) is 0.227. The Morgan fingerprint density at radius 3 is 2.57 bits per heavy atom. The number of rotatable bonds is 6. The van der Waals surface area contributed by atoms with Crippen LogP contribution in [0.15, 0.2) is 60.9 Å². The van der Waals surface area contributed by atoms with Crippen LogP contribution in [-0.4, -0.2) is 21.0 Å². The van der Waals surface area contributed by atoms with Crippen molar-refractivity contribution in [3.05, 3.63) is 77.7 Å². The van der Waals surface area contributed by atoms with E-state index in [4.69, 9.17) is 9.84 Å². The number of carboxylic acid groups (broad SMARTS) is 1. The van der Waals surface area contributed by atoms with Gasteiger partial charge < -0.3 is 9.84 Å². The zero-order valence-electron chi connectivity index (χ0n) is 15.6. The quantitative estimate of drug-likeness (QED) is 0.619. The van der Waals surface area contributed by atoms with Crippen LogP contribution in [0.3, 0.4) is 0 Å². The molecule has 0 radical (unpaired) electrons. The number of alkyl halides is 3. The van der Waals surface area contributed by atoms with E-state index in [9.17, 15) is 18.0 Å². The van der Waals surface area contributed by atoms with E-state index in [0.29, 0.717) is 23.2 Å². The minimum absolute atomic E-state index is 0.105. The predicted molar refractivity (Wildman–Crippen MR) is 102 cm³/mol. The van der Waals surface area contributed by atoms with Crippen molar-refractivity contribution in [3.63, 3.8) is 0 Å².